The fraction of sp³-hybridized carbons (Fsp3) is 0.238. The van der Waals surface area contributed by atoms with Crippen LogP contribution >= 0.6 is 11.6 Å². The van der Waals surface area contributed by atoms with Gasteiger partial charge in [-0.15, -0.1) is 0 Å². The van der Waals surface area contributed by atoms with Gasteiger partial charge in [0.2, 0.25) is 0 Å². The fourth-order valence-electron chi connectivity index (χ4n) is 3.52. The van der Waals surface area contributed by atoms with Crippen LogP contribution in [0.15, 0.2) is 54.7 Å². The van der Waals surface area contributed by atoms with Crippen LogP contribution in [-0.4, -0.2) is 42.0 Å². The number of hydrogen-bond acceptors (Lipinski definition) is 3. The van der Waals surface area contributed by atoms with E-state index in [9.17, 15) is 4.79 Å². The lowest BCUT2D eigenvalue weighted by atomic mass is 10.1. The first kappa shape index (κ1) is 16.9. The molecule has 0 saturated carbocycles. The van der Waals surface area contributed by atoms with Gasteiger partial charge in [-0.3, -0.25) is 9.78 Å². The minimum Gasteiger partial charge on any atom is -0.367 e. The summed E-state index contributed by atoms with van der Waals surface area (Å²) in [6.07, 6.45) is 1.82. The highest BCUT2D eigenvalue weighted by Gasteiger charge is 2.24. The number of amides is 1. The Morgan fingerprint density at radius 3 is 2.58 bits per heavy atom. The van der Waals surface area contributed by atoms with Crippen molar-refractivity contribution in [3.8, 4) is 0 Å². The van der Waals surface area contributed by atoms with Gasteiger partial charge in [-0.1, -0.05) is 29.8 Å². The molecule has 0 spiro atoms. The number of aromatic nitrogens is 1. The predicted octanol–water partition coefficient (Wildman–Crippen LogP) is 4.16. The number of piperazine rings is 1. The number of carbonyl (C=O) groups is 1. The molecule has 1 amide bonds. The van der Waals surface area contributed by atoms with E-state index >= 15 is 0 Å². The fourth-order valence-corrected chi connectivity index (χ4v) is 3.68. The molecule has 0 unspecified atom stereocenters. The molecule has 1 aliphatic rings. The normalized spacial score (nSPS) is 14.7. The Hall–Kier alpha value is -2.59. The largest absolute Gasteiger partial charge is 0.367 e. The minimum atomic E-state index is 0.120. The molecule has 2 aromatic carbocycles. The zero-order valence-electron chi connectivity index (χ0n) is 14.7. The quantitative estimate of drug-likeness (QED) is 0.684. The summed E-state index contributed by atoms with van der Waals surface area (Å²) in [6, 6.07) is 15.6. The third kappa shape index (κ3) is 3.13. The SMILES string of the molecule is Cc1ccccc1C(=O)N1CCN(c2ccnc3cc(Cl)ccc23)CC1. The summed E-state index contributed by atoms with van der Waals surface area (Å²) in [4.78, 5) is 21.5. The summed E-state index contributed by atoms with van der Waals surface area (Å²) >= 11 is 6.08. The van der Waals surface area contributed by atoms with Gasteiger partial charge in [0.1, 0.15) is 0 Å². The van der Waals surface area contributed by atoms with Gasteiger partial charge in [0.05, 0.1) is 5.52 Å². The second-order valence-electron chi connectivity index (χ2n) is 6.59. The van der Waals surface area contributed by atoms with E-state index in [1.165, 1.54) is 0 Å². The van der Waals surface area contributed by atoms with E-state index in [1.807, 2.05) is 66.6 Å². The van der Waals surface area contributed by atoms with Crippen molar-refractivity contribution in [1.29, 1.82) is 0 Å². The van der Waals surface area contributed by atoms with Gasteiger partial charge in [0.15, 0.2) is 0 Å². The molecule has 4 nitrogen and oxygen atoms in total. The molecule has 3 aromatic rings. The van der Waals surface area contributed by atoms with Crippen LogP contribution in [0, 0.1) is 6.92 Å². The lowest BCUT2D eigenvalue weighted by Gasteiger charge is -2.36. The molecule has 0 N–H and O–H groups in total. The summed E-state index contributed by atoms with van der Waals surface area (Å²) in [5, 5.41) is 1.78. The first-order valence-corrected chi connectivity index (χ1v) is 9.15. The number of halogens is 1. The molecule has 0 atom stereocenters. The summed E-state index contributed by atoms with van der Waals surface area (Å²) in [7, 11) is 0. The number of pyridine rings is 1. The Morgan fingerprint density at radius 2 is 1.81 bits per heavy atom. The van der Waals surface area contributed by atoms with Crippen molar-refractivity contribution in [2.75, 3.05) is 31.1 Å². The topological polar surface area (TPSA) is 36.4 Å². The maximum atomic E-state index is 12.8. The Kier molecular flexibility index (Phi) is 4.51. The van der Waals surface area contributed by atoms with Crippen LogP contribution < -0.4 is 4.90 Å². The Balaban J connectivity index is 1.52. The van der Waals surface area contributed by atoms with Crippen molar-refractivity contribution in [3.05, 3.63) is 70.9 Å². The zero-order chi connectivity index (χ0) is 18.1. The number of nitrogens with zero attached hydrogens (tertiary/aromatic N) is 3. The van der Waals surface area contributed by atoms with E-state index in [4.69, 9.17) is 11.6 Å². The number of rotatable bonds is 2. The van der Waals surface area contributed by atoms with Gasteiger partial charge in [-0.05, 0) is 42.8 Å². The standard InChI is InChI=1S/C21H20ClN3O/c1-15-4-2-3-5-17(15)21(26)25-12-10-24(11-13-25)20-8-9-23-19-14-16(22)6-7-18(19)20/h2-9,14H,10-13H2,1H3. The first-order chi connectivity index (χ1) is 12.6. The summed E-state index contributed by atoms with van der Waals surface area (Å²) in [6.45, 7) is 5.02. The number of aryl methyl sites for hydroxylation is 1. The molecule has 0 aliphatic carbocycles. The molecule has 0 radical (unpaired) electrons. The summed E-state index contributed by atoms with van der Waals surface area (Å²) < 4.78 is 0. The van der Waals surface area contributed by atoms with Crippen LogP contribution in [0.25, 0.3) is 10.9 Å². The number of benzene rings is 2. The molecule has 1 aromatic heterocycles. The lowest BCUT2D eigenvalue weighted by molar-refractivity contribution is 0.0746. The van der Waals surface area contributed by atoms with Crippen molar-refractivity contribution >= 4 is 34.1 Å². The summed E-state index contributed by atoms with van der Waals surface area (Å²) in [5.74, 6) is 0.120. The Bertz CT molecular complexity index is 964. The van der Waals surface area contributed by atoms with Crippen LogP contribution in [0.5, 0.6) is 0 Å². The minimum absolute atomic E-state index is 0.120. The second-order valence-corrected chi connectivity index (χ2v) is 7.02. The van der Waals surface area contributed by atoms with E-state index in [-0.39, 0.29) is 5.91 Å². The van der Waals surface area contributed by atoms with E-state index in [2.05, 4.69) is 9.88 Å². The molecule has 2 heterocycles. The Labute approximate surface area is 158 Å². The van der Waals surface area contributed by atoms with E-state index in [1.54, 1.807) is 0 Å². The third-order valence-corrected chi connectivity index (χ3v) is 5.20. The first-order valence-electron chi connectivity index (χ1n) is 8.77. The molecular weight excluding hydrogens is 346 g/mol. The molecule has 1 aliphatic heterocycles. The van der Waals surface area contributed by atoms with Crippen LogP contribution in [-0.2, 0) is 0 Å². The van der Waals surface area contributed by atoms with Gasteiger partial charge >= 0.3 is 0 Å². The third-order valence-electron chi connectivity index (χ3n) is 4.96. The number of fused-ring (bicyclic) bond motifs is 1. The highest BCUT2D eigenvalue weighted by Crippen LogP contribution is 2.28. The molecule has 0 bridgehead atoms. The maximum Gasteiger partial charge on any atom is 0.254 e. The van der Waals surface area contributed by atoms with E-state index in [0.29, 0.717) is 18.1 Å². The lowest BCUT2D eigenvalue weighted by Crippen LogP contribution is -2.49. The van der Waals surface area contributed by atoms with Gasteiger partial charge in [-0.2, -0.15) is 0 Å². The van der Waals surface area contributed by atoms with Crippen molar-refractivity contribution in [3.63, 3.8) is 0 Å². The molecular formula is C21H20ClN3O. The highest BCUT2D eigenvalue weighted by atomic mass is 35.5. The maximum absolute atomic E-state index is 12.8. The predicted molar refractivity (Wildman–Crippen MR) is 106 cm³/mol. The second kappa shape index (κ2) is 6.96. The van der Waals surface area contributed by atoms with E-state index < -0.39 is 0 Å². The van der Waals surface area contributed by atoms with Crippen LogP contribution in [0.1, 0.15) is 15.9 Å². The van der Waals surface area contributed by atoms with Gasteiger partial charge in [0.25, 0.3) is 5.91 Å². The van der Waals surface area contributed by atoms with Gasteiger partial charge in [0, 0.05) is 54.0 Å². The van der Waals surface area contributed by atoms with Gasteiger partial charge in [-0.25, -0.2) is 0 Å². The summed E-state index contributed by atoms with van der Waals surface area (Å²) in [5.41, 5.74) is 3.87. The monoisotopic (exact) mass is 365 g/mol. The molecule has 4 rings (SSSR count). The Morgan fingerprint density at radius 1 is 1.04 bits per heavy atom. The van der Waals surface area contributed by atoms with Crippen LogP contribution in [0.3, 0.4) is 0 Å². The van der Waals surface area contributed by atoms with Crippen molar-refractivity contribution in [1.82, 2.24) is 9.88 Å². The molecule has 5 heteroatoms. The van der Waals surface area contributed by atoms with E-state index in [0.717, 1.165) is 40.8 Å². The van der Waals surface area contributed by atoms with Crippen LogP contribution in [0.2, 0.25) is 5.02 Å². The van der Waals surface area contributed by atoms with Crippen molar-refractivity contribution in [2.45, 2.75) is 6.92 Å². The average Bonchev–Trinajstić information content (AvgIpc) is 2.67. The number of hydrogen-bond donors (Lipinski definition) is 0. The average molecular weight is 366 g/mol. The van der Waals surface area contributed by atoms with Crippen LogP contribution in [0.4, 0.5) is 5.69 Å². The number of anilines is 1. The van der Waals surface area contributed by atoms with Gasteiger partial charge < -0.3 is 9.80 Å². The highest BCUT2D eigenvalue weighted by molar-refractivity contribution is 6.31. The number of carbonyl (C=O) groups excluding carboxylic acids is 1. The molecule has 1 saturated heterocycles. The zero-order valence-corrected chi connectivity index (χ0v) is 15.4. The smallest absolute Gasteiger partial charge is 0.254 e. The molecule has 132 valence electrons. The van der Waals surface area contributed by atoms with Crippen molar-refractivity contribution < 1.29 is 4.79 Å². The molecule has 1 fully saturated rings. The van der Waals surface area contributed by atoms with Crippen molar-refractivity contribution in [2.24, 2.45) is 0 Å². The molecule has 26 heavy (non-hydrogen) atoms.